The third kappa shape index (κ3) is 119. The molecule has 4 unspecified atom stereocenters. The van der Waals surface area contributed by atoms with Crippen molar-refractivity contribution in [3.63, 3.8) is 0 Å². The van der Waals surface area contributed by atoms with E-state index in [9.17, 15) is 19.2 Å². The number of rotatable bonds is 6. The van der Waals surface area contributed by atoms with Crippen molar-refractivity contribution in [1.29, 1.82) is 0 Å². The van der Waals surface area contributed by atoms with E-state index >= 15 is 0 Å². The Bertz CT molecular complexity index is 478. The summed E-state index contributed by atoms with van der Waals surface area (Å²) < 4.78 is 0. The molecule has 0 aliphatic rings. The second kappa shape index (κ2) is 47.2. The van der Waals surface area contributed by atoms with Crippen LogP contribution in [0.1, 0.15) is 83.1 Å². The summed E-state index contributed by atoms with van der Waals surface area (Å²) in [6.07, 6.45) is -5.73. The van der Waals surface area contributed by atoms with Gasteiger partial charge in [0.25, 0.3) is 0 Å². The summed E-state index contributed by atoms with van der Waals surface area (Å²) in [6, 6.07) is 0. The van der Waals surface area contributed by atoms with Crippen LogP contribution in [0.2, 0.25) is 0 Å². The molecule has 43 heavy (non-hydrogen) atoms. The maximum Gasteiger partial charge on any atom is 2.00 e. The Morgan fingerprint density at radius 3 is 0.442 bits per heavy atom. The molecule has 17 heteroatoms. The fourth-order valence-electron chi connectivity index (χ4n) is 0.540. The molecular formula is C26H58O16Ti. The molecule has 0 aromatic carbocycles. The van der Waals surface area contributed by atoms with Crippen molar-refractivity contribution in [2.75, 3.05) is 0 Å². The summed E-state index contributed by atoms with van der Waals surface area (Å²) in [6.45, 7) is 21.8. The van der Waals surface area contributed by atoms with E-state index in [0.717, 1.165) is 0 Å². The molecule has 0 bridgehead atoms. The summed E-state index contributed by atoms with van der Waals surface area (Å²) in [5.74, 6) is -7.07. The minimum absolute atomic E-state index is 0. The van der Waals surface area contributed by atoms with E-state index in [4.69, 9.17) is 61.3 Å². The van der Waals surface area contributed by atoms with Crippen molar-refractivity contribution >= 4 is 23.9 Å². The Labute approximate surface area is 270 Å². The fraction of sp³-hybridized carbons (Fsp3) is 0.769. The predicted octanol–water partition coefficient (Wildman–Crippen LogP) is -0.238. The molecule has 0 saturated carbocycles. The predicted molar refractivity (Wildman–Crippen MR) is 155 cm³/mol. The molecule has 0 heterocycles. The number of hydrogen-bond donors (Lipinski definition) is 12. The van der Waals surface area contributed by atoms with Crippen LogP contribution in [-0.2, 0) is 40.9 Å². The molecule has 262 valence electrons. The number of hydrogen-bond acceptors (Lipinski definition) is 12. The van der Waals surface area contributed by atoms with Gasteiger partial charge in [-0.1, -0.05) is 0 Å². The zero-order valence-electron chi connectivity index (χ0n) is 27.3. The van der Waals surface area contributed by atoms with Crippen LogP contribution < -0.4 is 0 Å². The maximum atomic E-state index is 9.77. The first-order valence-electron chi connectivity index (χ1n) is 12.5. The monoisotopic (exact) mass is 674 g/mol. The Morgan fingerprint density at radius 2 is 0.419 bits per heavy atom. The molecule has 0 aliphatic heterocycles. The van der Waals surface area contributed by atoms with Gasteiger partial charge in [-0.15, -0.1) is 0 Å². The van der Waals surface area contributed by atoms with E-state index in [-0.39, 0.29) is 46.1 Å². The first-order valence-corrected chi connectivity index (χ1v) is 12.5. The first kappa shape index (κ1) is 64.3. The Balaban J connectivity index is -0.0000000463. The standard InChI is InChI=1S/2C4H6O6.4C3H8O.2C3H7.Ti/c2*5-1(3(7)8)2(6)4(9)10;4*1-3(2)4;2*1-3-2;/h2*1-2,5-6H,(H,7,8)(H,9,10);4*3-4H,1-2H3;2*3H,1-2H3;/q;;;;;;2*-1;+2. The molecule has 16 nitrogen and oxygen atoms in total. The van der Waals surface area contributed by atoms with Gasteiger partial charge in [0.15, 0.2) is 24.4 Å². The third-order valence-electron chi connectivity index (χ3n) is 1.61. The smallest absolute Gasteiger partial charge is 0.479 e. The van der Waals surface area contributed by atoms with Gasteiger partial charge in [-0.2, -0.15) is 27.7 Å². The van der Waals surface area contributed by atoms with Gasteiger partial charge in [-0.3, -0.25) is 0 Å². The topological polar surface area (TPSA) is 311 Å². The summed E-state index contributed by atoms with van der Waals surface area (Å²) in [4.78, 5) is 39.1. The number of carboxylic acids is 4. The molecule has 4 atom stereocenters. The normalized spacial score (nSPS) is 11.5. The molecule has 0 fully saturated rings. The van der Waals surface area contributed by atoms with Crippen molar-refractivity contribution in [1.82, 2.24) is 0 Å². The van der Waals surface area contributed by atoms with Gasteiger partial charge in [0.1, 0.15) is 0 Å². The molecule has 0 saturated heterocycles. The van der Waals surface area contributed by atoms with Crippen LogP contribution >= 0.6 is 0 Å². The average Bonchev–Trinajstić information content (AvgIpc) is 2.76. The van der Waals surface area contributed by atoms with Gasteiger partial charge in [0, 0.05) is 24.4 Å². The zero-order chi connectivity index (χ0) is 36.3. The van der Waals surface area contributed by atoms with E-state index in [1.807, 2.05) is 40.5 Å². The van der Waals surface area contributed by atoms with Crippen LogP contribution in [-0.4, -0.2) is 134 Å². The Hall–Kier alpha value is -1.73. The molecule has 0 aliphatic carbocycles. The second-order valence-corrected chi connectivity index (χ2v) is 8.66. The minimum atomic E-state index is -2.27. The van der Waals surface area contributed by atoms with Crippen molar-refractivity contribution < 1.29 is 102 Å². The quantitative estimate of drug-likeness (QED) is 0.128. The van der Waals surface area contributed by atoms with E-state index in [2.05, 4.69) is 0 Å². The largest absolute Gasteiger partial charge is 2.00 e. The molecule has 0 radical (unpaired) electrons. The molecule has 0 aromatic rings. The van der Waals surface area contributed by atoms with Crippen LogP contribution in [0.25, 0.3) is 0 Å². The first-order chi connectivity index (χ1) is 18.7. The summed E-state index contributed by atoms with van der Waals surface area (Å²) in [7, 11) is 0. The van der Waals surface area contributed by atoms with Crippen molar-refractivity contribution in [3.8, 4) is 0 Å². The van der Waals surface area contributed by atoms with Crippen LogP contribution in [0.4, 0.5) is 0 Å². The SMILES string of the molecule is CC(C)O.CC(C)O.CC(C)O.CC(C)O.C[CH-]C.C[CH-]C.O=C(O)C(O)C(O)C(=O)O.O=C(O)C(O)C(O)C(=O)O.[Ti+2]. The van der Waals surface area contributed by atoms with Crippen molar-refractivity contribution in [3.05, 3.63) is 12.8 Å². The summed E-state index contributed by atoms with van der Waals surface area (Å²) in [5, 5.41) is 97.3. The van der Waals surface area contributed by atoms with Crippen molar-refractivity contribution in [2.45, 2.75) is 132 Å². The maximum absolute atomic E-state index is 9.77. The number of aliphatic hydroxyl groups excluding tert-OH is 8. The number of aliphatic carboxylic acids is 4. The molecular weight excluding hydrogens is 616 g/mol. The van der Waals surface area contributed by atoms with Crippen LogP contribution in [0.15, 0.2) is 0 Å². The number of carboxylic acid groups (broad SMARTS) is 4. The Kier molecular flexibility index (Phi) is 70.6. The van der Waals surface area contributed by atoms with Crippen LogP contribution in [0.5, 0.6) is 0 Å². The second-order valence-electron chi connectivity index (χ2n) is 8.66. The number of carbonyl (C=O) groups is 4. The van der Waals surface area contributed by atoms with Crippen LogP contribution in [0, 0.1) is 12.8 Å². The van der Waals surface area contributed by atoms with Crippen LogP contribution in [0.3, 0.4) is 0 Å². The van der Waals surface area contributed by atoms with Crippen molar-refractivity contribution in [2.24, 2.45) is 0 Å². The van der Waals surface area contributed by atoms with Gasteiger partial charge in [-0.05, 0) is 55.4 Å². The van der Waals surface area contributed by atoms with Gasteiger partial charge in [0.2, 0.25) is 0 Å². The van der Waals surface area contributed by atoms with E-state index in [1.165, 1.54) is 0 Å². The molecule has 0 aromatic heterocycles. The fourth-order valence-corrected chi connectivity index (χ4v) is 0.540. The summed E-state index contributed by atoms with van der Waals surface area (Å²) in [5.41, 5.74) is 0. The van der Waals surface area contributed by atoms with Gasteiger partial charge < -0.3 is 74.1 Å². The van der Waals surface area contributed by atoms with Gasteiger partial charge >= 0.3 is 45.6 Å². The average molecular weight is 675 g/mol. The molecule has 0 amide bonds. The van der Waals surface area contributed by atoms with Gasteiger partial charge in [0.05, 0.1) is 0 Å². The van der Waals surface area contributed by atoms with E-state index in [0.29, 0.717) is 0 Å². The minimum Gasteiger partial charge on any atom is -0.479 e. The molecule has 12 N–H and O–H groups in total. The zero-order valence-corrected chi connectivity index (χ0v) is 28.8. The molecule has 0 spiro atoms. The Morgan fingerprint density at radius 1 is 0.372 bits per heavy atom. The third-order valence-corrected chi connectivity index (χ3v) is 1.61. The van der Waals surface area contributed by atoms with Gasteiger partial charge in [-0.25, -0.2) is 19.2 Å². The number of aliphatic hydroxyl groups is 8. The summed E-state index contributed by atoms with van der Waals surface area (Å²) >= 11 is 0. The van der Waals surface area contributed by atoms with E-state index < -0.39 is 48.3 Å². The molecule has 0 rings (SSSR count). The van der Waals surface area contributed by atoms with E-state index in [1.54, 1.807) is 55.4 Å².